The topological polar surface area (TPSA) is 24.7 Å². The standard InChI is InChI=1S/C10H10N2/c1-3-11-12-9(2)10-7-5-4-6-8-10/h3-8H,1-2H2. The molecule has 0 unspecified atom stereocenters. The minimum absolute atomic E-state index is 0.649. The largest absolute Gasteiger partial charge is 0.159 e. The molecule has 0 spiro atoms. The Labute approximate surface area is 72.0 Å². The van der Waals surface area contributed by atoms with E-state index in [4.69, 9.17) is 0 Å². The molecule has 0 fully saturated rings. The van der Waals surface area contributed by atoms with Gasteiger partial charge in [0.25, 0.3) is 0 Å². The number of hydrogen-bond acceptors (Lipinski definition) is 2. The molecule has 0 radical (unpaired) electrons. The molecule has 0 saturated carbocycles. The highest BCUT2D eigenvalue weighted by atomic mass is 15.1. The highest BCUT2D eigenvalue weighted by molar-refractivity contribution is 5.61. The van der Waals surface area contributed by atoms with Gasteiger partial charge in [0.05, 0.1) is 5.70 Å². The maximum Gasteiger partial charge on any atom is 0.0857 e. The summed E-state index contributed by atoms with van der Waals surface area (Å²) in [4.78, 5) is 0. The van der Waals surface area contributed by atoms with Crippen LogP contribution in [-0.2, 0) is 0 Å². The Balaban J connectivity index is 2.79. The first-order valence-electron chi connectivity index (χ1n) is 3.60. The third-order valence-electron chi connectivity index (χ3n) is 1.37. The molecule has 0 amide bonds. The van der Waals surface area contributed by atoms with Gasteiger partial charge < -0.3 is 0 Å². The van der Waals surface area contributed by atoms with Gasteiger partial charge in [-0.05, 0) is 0 Å². The Bertz CT molecular complexity index is 299. The summed E-state index contributed by atoms with van der Waals surface area (Å²) in [6.07, 6.45) is 1.38. The molecule has 2 nitrogen and oxygen atoms in total. The minimum atomic E-state index is 0.649. The molecule has 0 aromatic heterocycles. The van der Waals surface area contributed by atoms with Crippen LogP contribution in [-0.4, -0.2) is 0 Å². The maximum absolute atomic E-state index is 3.83. The number of azo groups is 1. The molecule has 0 aliphatic rings. The predicted octanol–water partition coefficient (Wildman–Crippen LogP) is 3.25. The lowest BCUT2D eigenvalue weighted by atomic mass is 10.2. The Kier molecular flexibility index (Phi) is 2.96. The van der Waals surface area contributed by atoms with Crippen molar-refractivity contribution in [2.24, 2.45) is 10.2 Å². The van der Waals surface area contributed by atoms with Crippen molar-refractivity contribution in [1.29, 1.82) is 0 Å². The van der Waals surface area contributed by atoms with E-state index in [0.717, 1.165) is 5.56 Å². The van der Waals surface area contributed by atoms with E-state index in [2.05, 4.69) is 23.4 Å². The number of rotatable bonds is 3. The van der Waals surface area contributed by atoms with Crippen molar-refractivity contribution < 1.29 is 0 Å². The van der Waals surface area contributed by atoms with Crippen molar-refractivity contribution in [3.8, 4) is 0 Å². The summed E-state index contributed by atoms with van der Waals surface area (Å²) in [6.45, 7) is 7.18. The third-order valence-corrected chi connectivity index (χ3v) is 1.37. The number of benzene rings is 1. The van der Waals surface area contributed by atoms with E-state index in [1.54, 1.807) is 0 Å². The SMILES string of the molecule is C=CN=NC(=C)c1ccccc1. The normalized spacial score (nSPS) is 10.0. The zero-order valence-electron chi connectivity index (χ0n) is 6.77. The van der Waals surface area contributed by atoms with Crippen LogP contribution < -0.4 is 0 Å². The molecule has 1 rings (SSSR count). The zero-order chi connectivity index (χ0) is 8.81. The summed E-state index contributed by atoms with van der Waals surface area (Å²) in [7, 11) is 0. The summed E-state index contributed by atoms with van der Waals surface area (Å²) in [5.74, 6) is 0. The molecule has 0 aliphatic carbocycles. The second kappa shape index (κ2) is 4.23. The Morgan fingerprint density at radius 1 is 1.25 bits per heavy atom. The smallest absolute Gasteiger partial charge is 0.0857 e. The molecule has 2 heteroatoms. The van der Waals surface area contributed by atoms with Gasteiger partial charge in [-0.1, -0.05) is 43.5 Å². The molecular weight excluding hydrogens is 148 g/mol. The first kappa shape index (κ1) is 8.40. The quantitative estimate of drug-likeness (QED) is 0.603. The molecule has 12 heavy (non-hydrogen) atoms. The van der Waals surface area contributed by atoms with Crippen LogP contribution >= 0.6 is 0 Å². The van der Waals surface area contributed by atoms with Crippen LogP contribution in [0.1, 0.15) is 5.56 Å². The second-order valence-electron chi connectivity index (χ2n) is 2.21. The van der Waals surface area contributed by atoms with Crippen LogP contribution in [0.2, 0.25) is 0 Å². The van der Waals surface area contributed by atoms with E-state index >= 15 is 0 Å². The number of nitrogens with zero attached hydrogens (tertiary/aromatic N) is 2. The maximum atomic E-state index is 3.83. The van der Waals surface area contributed by atoms with E-state index in [-0.39, 0.29) is 0 Å². The Morgan fingerprint density at radius 2 is 1.92 bits per heavy atom. The fourth-order valence-electron chi connectivity index (χ4n) is 0.799. The molecule has 0 aliphatic heterocycles. The van der Waals surface area contributed by atoms with E-state index in [1.165, 1.54) is 6.20 Å². The molecular formula is C10H10N2. The van der Waals surface area contributed by atoms with Crippen LogP contribution in [0.3, 0.4) is 0 Å². The third kappa shape index (κ3) is 2.16. The molecule has 0 atom stereocenters. The molecule has 0 heterocycles. The molecule has 0 saturated heterocycles. The van der Waals surface area contributed by atoms with E-state index in [9.17, 15) is 0 Å². The predicted molar refractivity (Wildman–Crippen MR) is 50.5 cm³/mol. The average molecular weight is 158 g/mol. The van der Waals surface area contributed by atoms with Crippen molar-refractivity contribution in [2.75, 3.05) is 0 Å². The molecule has 1 aromatic rings. The van der Waals surface area contributed by atoms with Crippen LogP contribution in [0, 0.1) is 0 Å². The van der Waals surface area contributed by atoms with Crippen molar-refractivity contribution in [1.82, 2.24) is 0 Å². The summed E-state index contributed by atoms with van der Waals surface area (Å²) >= 11 is 0. The molecule has 0 bridgehead atoms. The van der Waals surface area contributed by atoms with Gasteiger partial charge in [0.2, 0.25) is 0 Å². The van der Waals surface area contributed by atoms with Gasteiger partial charge in [-0.2, -0.15) is 10.2 Å². The van der Waals surface area contributed by atoms with Gasteiger partial charge in [-0.15, -0.1) is 0 Å². The molecule has 0 N–H and O–H groups in total. The molecule has 60 valence electrons. The van der Waals surface area contributed by atoms with Gasteiger partial charge in [-0.25, -0.2) is 0 Å². The van der Waals surface area contributed by atoms with E-state index < -0.39 is 0 Å². The summed E-state index contributed by atoms with van der Waals surface area (Å²) in [5.41, 5.74) is 1.62. The summed E-state index contributed by atoms with van der Waals surface area (Å²) < 4.78 is 0. The monoisotopic (exact) mass is 158 g/mol. The van der Waals surface area contributed by atoms with Gasteiger partial charge >= 0.3 is 0 Å². The van der Waals surface area contributed by atoms with Gasteiger partial charge in [0.15, 0.2) is 0 Å². The zero-order valence-corrected chi connectivity index (χ0v) is 6.77. The lowest BCUT2D eigenvalue weighted by molar-refractivity contribution is 1.25. The Hall–Kier alpha value is -1.70. The molecule has 1 aromatic carbocycles. The van der Waals surface area contributed by atoms with Crippen LogP contribution in [0.4, 0.5) is 0 Å². The van der Waals surface area contributed by atoms with Crippen LogP contribution in [0.5, 0.6) is 0 Å². The first-order valence-corrected chi connectivity index (χ1v) is 3.60. The Morgan fingerprint density at radius 3 is 2.50 bits per heavy atom. The van der Waals surface area contributed by atoms with Gasteiger partial charge in [-0.3, -0.25) is 0 Å². The van der Waals surface area contributed by atoms with Crippen molar-refractivity contribution in [3.05, 3.63) is 55.3 Å². The van der Waals surface area contributed by atoms with Crippen molar-refractivity contribution in [2.45, 2.75) is 0 Å². The highest BCUT2D eigenvalue weighted by Crippen LogP contribution is 2.12. The average Bonchev–Trinajstić information content (AvgIpc) is 2.15. The number of hydrogen-bond donors (Lipinski definition) is 0. The lowest BCUT2D eigenvalue weighted by Gasteiger charge is -1.95. The van der Waals surface area contributed by atoms with Gasteiger partial charge in [0, 0.05) is 11.8 Å². The first-order chi connectivity index (χ1) is 5.84. The van der Waals surface area contributed by atoms with E-state index in [1.807, 2.05) is 30.3 Å². The van der Waals surface area contributed by atoms with Gasteiger partial charge in [0.1, 0.15) is 0 Å². The minimum Gasteiger partial charge on any atom is -0.159 e. The van der Waals surface area contributed by atoms with Crippen LogP contribution in [0.15, 0.2) is 59.9 Å². The van der Waals surface area contributed by atoms with E-state index in [0.29, 0.717) is 5.70 Å². The summed E-state index contributed by atoms with van der Waals surface area (Å²) in [5, 5.41) is 7.46. The summed E-state index contributed by atoms with van der Waals surface area (Å²) in [6, 6.07) is 9.68. The fourth-order valence-corrected chi connectivity index (χ4v) is 0.799. The second-order valence-corrected chi connectivity index (χ2v) is 2.21. The fraction of sp³-hybridized carbons (Fsp3) is 0. The van der Waals surface area contributed by atoms with Crippen molar-refractivity contribution in [3.63, 3.8) is 0 Å². The van der Waals surface area contributed by atoms with Crippen molar-refractivity contribution >= 4 is 5.70 Å². The van der Waals surface area contributed by atoms with Crippen LogP contribution in [0.25, 0.3) is 5.70 Å². The lowest BCUT2D eigenvalue weighted by Crippen LogP contribution is -1.75. The highest BCUT2D eigenvalue weighted by Gasteiger charge is 1.92.